The van der Waals surface area contributed by atoms with Crippen molar-refractivity contribution in [3.63, 3.8) is 0 Å². The second kappa shape index (κ2) is 7.59. The van der Waals surface area contributed by atoms with E-state index in [2.05, 4.69) is 5.10 Å². The fourth-order valence-electron chi connectivity index (χ4n) is 3.89. The van der Waals surface area contributed by atoms with Crippen LogP contribution in [0.1, 0.15) is 34.3 Å². The largest absolute Gasteiger partial charge is 0.416 e. The monoisotopic (exact) mass is 415 g/mol. The molecule has 5 nitrogen and oxygen atoms in total. The van der Waals surface area contributed by atoms with Crippen LogP contribution in [0.3, 0.4) is 0 Å². The molecule has 4 rings (SSSR count). The third kappa shape index (κ3) is 3.81. The molecule has 156 valence electrons. The lowest BCUT2D eigenvalue weighted by molar-refractivity contribution is -0.138. The van der Waals surface area contributed by atoms with Gasteiger partial charge < -0.3 is 4.90 Å². The first kappa shape index (κ1) is 20.1. The Morgan fingerprint density at radius 3 is 2.40 bits per heavy atom. The van der Waals surface area contributed by atoms with E-state index in [-0.39, 0.29) is 18.4 Å². The molecular formula is C22H20F3N3O2. The Labute approximate surface area is 171 Å². The van der Waals surface area contributed by atoms with E-state index in [0.717, 1.165) is 12.1 Å². The Morgan fingerprint density at radius 1 is 1.03 bits per heavy atom. The summed E-state index contributed by atoms with van der Waals surface area (Å²) in [5, 5.41) is 5.41. The first-order valence-corrected chi connectivity index (χ1v) is 9.66. The number of hydrazone groups is 1. The van der Waals surface area contributed by atoms with Crippen LogP contribution in [0.15, 0.2) is 59.7 Å². The number of hydrogen-bond donors (Lipinski definition) is 0. The maximum Gasteiger partial charge on any atom is 0.416 e. The summed E-state index contributed by atoms with van der Waals surface area (Å²) in [6, 6.07) is 13.9. The van der Waals surface area contributed by atoms with Gasteiger partial charge in [0.1, 0.15) is 0 Å². The number of nitrogens with zero attached hydrogens (tertiary/aromatic N) is 3. The van der Waals surface area contributed by atoms with E-state index in [0.29, 0.717) is 37.1 Å². The number of carbonyl (C=O) groups excluding carboxylic acids is 2. The van der Waals surface area contributed by atoms with Gasteiger partial charge in [-0.3, -0.25) is 9.59 Å². The average Bonchev–Trinajstić information content (AvgIpc) is 3.04. The van der Waals surface area contributed by atoms with E-state index in [4.69, 9.17) is 0 Å². The molecule has 0 aromatic heterocycles. The van der Waals surface area contributed by atoms with E-state index < -0.39 is 17.2 Å². The molecule has 2 aliphatic heterocycles. The van der Waals surface area contributed by atoms with Crippen LogP contribution in [-0.2, 0) is 17.5 Å². The quantitative estimate of drug-likeness (QED) is 0.762. The second-order valence-electron chi connectivity index (χ2n) is 7.62. The van der Waals surface area contributed by atoms with Crippen LogP contribution in [0, 0.1) is 5.41 Å². The van der Waals surface area contributed by atoms with E-state index in [1.165, 1.54) is 11.1 Å². The van der Waals surface area contributed by atoms with Gasteiger partial charge in [-0.1, -0.05) is 30.3 Å². The summed E-state index contributed by atoms with van der Waals surface area (Å²) in [7, 11) is 0. The van der Waals surface area contributed by atoms with Crippen molar-refractivity contribution in [2.45, 2.75) is 25.6 Å². The zero-order valence-corrected chi connectivity index (χ0v) is 16.1. The van der Waals surface area contributed by atoms with Crippen molar-refractivity contribution in [1.82, 2.24) is 9.91 Å². The van der Waals surface area contributed by atoms with Crippen molar-refractivity contribution < 1.29 is 22.8 Å². The molecule has 2 aromatic carbocycles. The Morgan fingerprint density at radius 2 is 1.73 bits per heavy atom. The molecule has 0 unspecified atom stereocenters. The molecule has 2 heterocycles. The number of amides is 2. The summed E-state index contributed by atoms with van der Waals surface area (Å²) in [5.74, 6) is -0.305. The predicted molar refractivity (Wildman–Crippen MR) is 104 cm³/mol. The number of likely N-dealkylation sites (tertiary alicyclic amines) is 1. The first-order valence-electron chi connectivity index (χ1n) is 9.66. The predicted octanol–water partition coefficient (Wildman–Crippen LogP) is 3.96. The number of alkyl halides is 3. The number of carbonyl (C=O) groups is 2. The molecule has 0 atom stereocenters. The molecule has 2 aliphatic rings. The van der Waals surface area contributed by atoms with Crippen molar-refractivity contribution in [3.05, 3.63) is 71.3 Å². The zero-order chi connectivity index (χ0) is 21.4. The Bertz CT molecular complexity index is 981. The number of hydrogen-bond acceptors (Lipinski definition) is 3. The molecule has 0 aliphatic carbocycles. The van der Waals surface area contributed by atoms with E-state index in [9.17, 15) is 22.8 Å². The van der Waals surface area contributed by atoms with Crippen LogP contribution in [0.5, 0.6) is 0 Å². The maximum absolute atomic E-state index is 13.0. The standard InChI is InChI=1S/C22H20F3N3O2/c23-22(24,25)18-8-4-5-16(13-18)14-28-20(30)21(15-26-28)9-11-27(12-10-21)19(29)17-6-2-1-3-7-17/h1-8,13,15H,9-12,14H2. The molecule has 1 fully saturated rings. The maximum atomic E-state index is 13.0. The van der Waals surface area contributed by atoms with E-state index in [1.807, 2.05) is 6.07 Å². The number of benzene rings is 2. The van der Waals surface area contributed by atoms with Crippen molar-refractivity contribution in [3.8, 4) is 0 Å². The molecule has 0 N–H and O–H groups in total. The number of rotatable bonds is 3. The summed E-state index contributed by atoms with van der Waals surface area (Å²) < 4.78 is 38.8. The summed E-state index contributed by atoms with van der Waals surface area (Å²) in [5.41, 5.74) is -0.581. The zero-order valence-electron chi connectivity index (χ0n) is 16.1. The molecule has 0 saturated carbocycles. The number of piperidine rings is 1. The molecule has 30 heavy (non-hydrogen) atoms. The van der Waals surface area contributed by atoms with Crippen LogP contribution in [0.25, 0.3) is 0 Å². The summed E-state index contributed by atoms with van der Waals surface area (Å²) in [6.45, 7) is 0.819. The number of halogens is 3. The third-order valence-corrected chi connectivity index (χ3v) is 5.65. The summed E-state index contributed by atoms with van der Waals surface area (Å²) >= 11 is 0. The van der Waals surface area contributed by atoms with Gasteiger partial charge >= 0.3 is 6.18 Å². The van der Waals surface area contributed by atoms with Gasteiger partial charge in [-0.05, 0) is 42.7 Å². The lowest BCUT2D eigenvalue weighted by Gasteiger charge is -2.36. The highest BCUT2D eigenvalue weighted by Gasteiger charge is 2.47. The van der Waals surface area contributed by atoms with Crippen LogP contribution in [-0.4, -0.2) is 41.0 Å². The van der Waals surface area contributed by atoms with Crippen LogP contribution >= 0.6 is 0 Å². The van der Waals surface area contributed by atoms with Crippen molar-refractivity contribution in [1.29, 1.82) is 0 Å². The summed E-state index contributed by atoms with van der Waals surface area (Å²) in [6.07, 6.45) is -1.97. The first-order chi connectivity index (χ1) is 14.3. The highest BCUT2D eigenvalue weighted by Crippen LogP contribution is 2.37. The van der Waals surface area contributed by atoms with Gasteiger partial charge in [0.2, 0.25) is 0 Å². The summed E-state index contributed by atoms with van der Waals surface area (Å²) in [4.78, 5) is 27.3. The lowest BCUT2D eigenvalue weighted by atomic mass is 9.79. The van der Waals surface area contributed by atoms with E-state index >= 15 is 0 Å². The molecule has 0 radical (unpaired) electrons. The minimum atomic E-state index is -4.44. The molecule has 2 aromatic rings. The highest BCUT2D eigenvalue weighted by molar-refractivity contribution is 6.02. The molecule has 8 heteroatoms. The minimum absolute atomic E-state index is 0.0202. The van der Waals surface area contributed by atoms with Gasteiger partial charge in [0.15, 0.2) is 0 Å². The molecule has 0 bridgehead atoms. The van der Waals surface area contributed by atoms with Gasteiger partial charge in [-0.2, -0.15) is 18.3 Å². The fraction of sp³-hybridized carbons (Fsp3) is 0.318. The SMILES string of the molecule is O=C(c1ccccc1)N1CCC2(C=NN(Cc3cccc(C(F)(F)F)c3)C2=O)CC1. The van der Waals surface area contributed by atoms with Crippen LogP contribution < -0.4 is 0 Å². The second-order valence-corrected chi connectivity index (χ2v) is 7.62. The van der Waals surface area contributed by atoms with Gasteiger partial charge in [-0.25, -0.2) is 5.01 Å². The van der Waals surface area contributed by atoms with Gasteiger partial charge in [-0.15, -0.1) is 0 Å². The van der Waals surface area contributed by atoms with Gasteiger partial charge in [0.25, 0.3) is 11.8 Å². The molecular weight excluding hydrogens is 395 g/mol. The Kier molecular flexibility index (Phi) is 5.09. The van der Waals surface area contributed by atoms with Gasteiger partial charge in [0.05, 0.1) is 17.5 Å². The van der Waals surface area contributed by atoms with Crippen molar-refractivity contribution >= 4 is 18.0 Å². The average molecular weight is 415 g/mol. The third-order valence-electron chi connectivity index (χ3n) is 5.65. The van der Waals surface area contributed by atoms with Crippen molar-refractivity contribution in [2.75, 3.05) is 13.1 Å². The van der Waals surface area contributed by atoms with Gasteiger partial charge in [0, 0.05) is 24.9 Å². The van der Waals surface area contributed by atoms with Crippen molar-refractivity contribution in [2.24, 2.45) is 10.5 Å². The highest BCUT2D eigenvalue weighted by atomic mass is 19.4. The lowest BCUT2D eigenvalue weighted by Crippen LogP contribution is -2.48. The molecule has 1 spiro atoms. The Balaban J connectivity index is 1.41. The molecule has 2 amide bonds. The van der Waals surface area contributed by atoms with E-state index in [1.54, 1.807) is 41.4 Å². The Hall–Kier alpha value is -3.16. The molecule has 1 saturated heterocycles. The topological polar surface area (TPSA) is 53.0 Å². The smallest absolute Gasteiger partial charge is 0.339 e. The minimum Gasteiger partial charge on any atom is -0.339 e. The van der Waals surface area contributed by atoms with Crippen LogP contribution in [0.4, 0.5) is 13.2 Å². The van der Waals surface area contributed by atoms with Crippen LogP contribution in [0.2, 0.25) is 0 Å². The normalized spacial score (nSPS) is 18.3. The fourth-order valence-corrected chi connectivity index (χ4v) is 3.89.